The van der Waals surface area contributed by atoms with Crippen LogP contribution >= 0.6 is 35.3 Å². The van der Waals surface area contributed by atoms with Crippen LogP contribution in [0.3, 0.4) is 0 Å². The summed E-state index contributed by atoms with van der Waals surface area (Å²) in [5.74, 6) is 1.32. The normalized spacial score (nSPS) is 19.6. The number of aliphatic hydroxyl groups is 3. The third-order valence-corrected chi connectivity index (χ3v) is 5.27. The molecule has 0 fully saturated rings. The van der Waals surface area contributed by atoms with E-state index in [1.165, 1.54) is 23.5 Å². The van der Waals surface area contributed by atoms with Crippen molar-refractivity contribution in [1.29, 1.82) is 0 Å². The largest absolute Gasteiger partial charge is 0.389 e. The standard InChI is InChI=1S/C9H20O3S3/c1-4-15-9(14-3)8(12)7(11)6(10)5-13-2/h6-12H,4-5H2,1-3H3/t6-,7-,8+,9?/m0/s1. The van der Waals surface area contributed by atoms with Crippen LogP contribution in [0.1, 0.15) is 6.92 Å². The van der Waals surface area contributed by atoms with Crippen molar-refractivity contribution in [3.8, 4) is 0 Å². The predicted octanol–water partition coefficient (Wildman–Crippen LogP) is 0.874. The third kappa shape index (κ3) is 5.70. The Bertz CT molecular complexity index is 160. The van der Waals surface area contributed by atoms with E-state index < -0.39 is 18.3 Å². The van der Waals surface area contributed by atoms with Gasteiger partial charge in [-0.05, 0) is 18.3 Å². The highest BCUT2D eigenvalue weighted by molar-refractivity contribution is 8.16. The van der Waals surface area contributed by atoms with Crippen molar-refractivity contribution in [3.05, 3.63) is 0 Å². The fraction of sp³-hybridized carbons (Fsp3) is 1.00. The van der Waals surface area contributed by atoms with Gasteiger partial charge >= 0.3 is 0 Å². The van der Waals surface area contributed by atoms with Crippen LogP contribution in [0.2, 0.25) is 0 Å². The molecule has 0 aromatic heterocycles. The summed E-state index contributed by atoms with van der Waals surface area (Å²) in [5.41, 5.74) is 0. The summed E-state index contributed by atoms with van der Waals surface area (Å²) in [7, 11) is 0. The average molecular weight is 272 g/mol. The number of hydrogen-bond donors (Lipinski definition) is 3. The molecule has 0 aliphatic rings. The van der Waals surface area contributed by atoms with Gasteiger partial charge in [0.25, 0.3) is 0 Å². The molecule has 92 valence electrons. The van der Waals surface area contributed by atoms with Crippen molar-refractivity contribution in [3.63, 3.8) is 0 Å². The molecule has 3 nitrogen and oxygen atoms in total. The molecule has 0 aliphatic carbocycles. The second-order valence-electron chi connectivity index (χ2n) is 3.06. The summed E-state index contributed by atoms with van der Waals surface area (Å²) < 4.78 is -0.0819. The van der Waals surface area contributed by atoms with E-state index in [2.05, 4.69) is 0 Å². The summed E-state index contributed by atoms with van der Waals surface area (Å²) in [6, 6.07) is 0. The van der Waals surface area contributed by atoms with Crippen LogP contribution in [0.15, 0.2) is 0 Å². The lowest BCUT2D eigenvalue weighted by molar-refractivity contribution is -0.0427. The molecule has 0 radical (unpaired) electrons. The fourth-order valence-electron chi connectivity index (χ4n) is 1.13. The number of aliphatic hydroxyl groups excluding tert-OH is 3. The highest BCUT2D eigenvalue weighted by atomic mass is 32.2. The summed E-state index contributed by atoms with van der Waals surface area (Å²) >= 11 is 4.54. The number of hydrogen-bond acceptors (Lipinski definition) is 6. The first-order valence-electron chi connectivity index (χ1n) is 4.76. The first-order valence-corrected chi connectivity index (χ1v) is 8.49. The zero-order valence-electron chi connectivity index (χ0n) is 9.29. The van der Waals surface area contributed by atoms with Crippen molar-refractivity contribution in [2.45, 2.75) is 29.8 Å². The van der Waals surface area contributed by atoms with E-state index in [9.17, 15) is 15.3 Å². The summed E-state index contributed by atoms with van der Waals surface area (Å²) in [5, 5.41) is 29.1. The van der Waals surface area contributed by atoms with Crippen molar-refractivity contribution < 1.29 is 15.3 Å². The quantitative estimate of drug-likeness (QED) is 0.570. The van der Waals surface area contributed by atoms with E-state index in [0.717, 1.165) is 5.75 Å². The molecule has 0 saturated heterocycles. The molecule has 0 aliphatic heterocycles. The predicted molar refractivity (Wildman–Crippen MR) is 71.8 cm³/mol. The van der Waals surface area contributed by atoms with Crippen LogP contribution in [0.25, 0.3) is 0 Å². The van der Waals surface area contributed by atoms with Gasteiger partial charge < -0.3 is 15.3 Å². The molecule has 0 saturated carbocycles. The van der Waals surface area contributed by atoms with Gasteiger partial charge in [-0.25, -0.2) is 0 Å². The van der Waals surface area contributed by atoms with E-state index in [1.807, 2.05) is 19.4 Å². The molecule has 0 amide bonds. The summed E-state index contributed by atoms with van der Waals surface area (Å²) in [4.78, 5) is 0. The first kappa shape index (κ1) is 15.9. The molecule has 4 atom stereocenters. The fourth-order valence-corrected chi connectivity index (χ4v) is 3.75. The summed E-state index contributed by atoms with van der Waals surface area (Å²) in [6.45, 7) is 2.01. The molecule has 0 bridgehead atoms. The minimum Gasteiger partial charge on any atom is -0.389 e. The molecule has 6 heteroatoms. The minimum atomic E-state index is -1.06. The molecule has 0 heterocycles. The van der Waals surface area contributed by atoms with Crippen LogP contribution in [0.5, 0.6) is 0 Å². The van der Waals surface area contributed by atoms with Crippen molar-refractivity contribution in [2.75, 3.05) is 24.0 Å². The van der Waals surface area contributed by atoms with Crippen LogP contribution in [0, 0.1) is 0 Å². The zero-order chi connectivity index (χ0) is 11.8. The van der Waals surface area contributed by atoms with E-state index in [0.29, 0.717) is 5.75 Å². The number of thioether (sulfide) groups is 3. The van der Waals surface area contributed by atoms with Gasteiger partial charge in [0.15, 0.2) is 0 Å². The lowest BCUT2D eigenvalue weighted by Gasteiger charge is -2.27. The molecular weight excluding hydrogens is 252 g/mol. The van der Waals surface area contributed by atoms with Crippen LogP contribution in [-0.2, 0) is 0 Å². The maximum absolute atomic E-state index is 9.84. The van der Waals surface area contributed by atoms with Crippen molar-refractivity contribution in [2.24, 2.45) is 0 Å². The Kier molecular flexibility index (Phi) is 9.57. The molecule has 3 N–H and O–H groups in total. The van der Waals surface area contributed by atoms with Crippen LogP contribution in [-0.4, -0.2) is 62.2 Å². The van der Waals surface area contributed by atoms with Gasteiger partial charge in [-0.2, -0.15) is 11.8 Å². The zero-order valence-corrected chi connectivity index (χ0v) is 11.7. The topological polar surface area (TPSA) is 60.7 Å². The molecule has 0 rings (SSSR count). The van der Waals surface area contributed by atoms with Gasteiger partial charge in [0.2, 0.25) is 0 Å². The van der Waals surface area contributed by atoms with Crippen molar-refractivity contribution >= 4 is 35.3 Å². The Labute approximate surface area is 104 Å². The molecule has 0 aromatic carbocycles. The van der Waals surface area contributed by atoms with Gasteiger partial charge in [-0.1, -0.05) is 6.92 Å². The van der Waals surface area contributed by atoms with E-state index in [4.69, 9.17) is 0 Å². The van der Waals surface area contributed by atoms with Gasteiger partial charge in [-0.15, -0.1) is 23.5 Å². The minimum absolute atomic E-state index is 0.0819. The SMILES string of the molecule is CCSC(SC)[C@H](O)[C@@H](O)[C@@H](O)CSC. The van der Waals surface area contributed by atoms with Crippen LogP contribution in [0.4, 0.5) is 0 Å². The Balaban J connectivity index is 4.19. The van der Waals surface area contributed by atoms with E-state index in [1.54, 1.807) is 11.8 Å². The highest BCUT2D eigenvalue weighted by Crippen LogP contribution is 2.27. The third-order valence-electron chi connectivity index (χ3n) is 1.92. The Morgan fingerprint density at radius 3 is 2.07 bits per heavy atom. The molecule has 15 heavy (non-hydrogen) atoms. The smallest absolute Gasteiger partial charge is 0.108 e. The maximum atomic E-state index is 9.84. The van der Waals surface area contributed by atoms with E-state index >= 15 is 0 Å². The Morgan fingerprint density at radius 2 is 1.67 bits per heavy atom. The Morgan fingerprint density at radius 1 is 1.07 bits per heavy atom. The Hall–Kier alpha value is 0.930. The molecule has 0 spiro atoms. The monoisotopic (exact) mass is 272 g/mol. The second-order valence-corrected chi connectivity index (χ2v) is 6.67. The number of rotatable bonds is 8. The molecular formula is C9H20O3S3. The lowest BCUT2D eigenvalue weighted by atomic mass is 10.1. The highest BCUT2D eigenvalue weighted by Gasteiger charge is 2.30. The molecule has 0 aromatic rings. The lowest BCUT2D eigenvalue weighted by Crippen LogP contribution is -2.43. The van der Waals surface area contributed by atoms with Crippen LogP contribution < -0.4 is 0 Å². The molecule has 1 unspecified atom stereocenters. The second kappa shape index (κ2) is 9.01. The van der Waals surface area contributed by atoms with Gasteiger partial charge in [0, 0.05) is 5.75 Å². The summed E-state index contributed by atoms with van der Waals surface area (Å²) in [6.07, 6.45) is 0.947. The van der Waals surface area contributed by atoms with E-state index in [-0.39, 0.29) is 4.58 Å². The van der Waals surface area contributed by atoms with Gasteiger partial charge in [0.05, 0.1) is 10.7 Å². The van der Waals surface area contributed by atoms with Gasteiger partial charge in [0.1, 0.15) is 12.2 Å². The maximum Gasteiger partial charge on any atom is 0.108 e. The van der Waals surface area contributed by atoms with Crippen molar-refractivity contribution in [1.82, 2.24) is 0 Å². The average Bonchev–Trinajstić information content (AvgIpc) is 2.24. The first-order chi connectivity index (χ1) is 7.08. The van der Waals surface area contributed by atoms with Gasteiger partial charge in [-0.3, -0.25) is 0 Å².